The van der Waals surface area contributed by atoms with Crippen molar-refractivity contribution in [1.82, 2.24) is 10.2 Å². The summed E-state index contributed by atoms with van der Waals surface area (Å²) in [6.07, 6.45) is 2.60. The Bertz CT molecular complexity index is 779. The van der Waals surface area contributed by atoms with E-state index in [1.54, 1.807) is 17.8 Å². The molecule has 2 aromatic rings. The van der Waals surface area contributed by atoms with E-state index in [9.17, 15) is 4.79 Å². The molecule has 1 aliphatic rings. The lowest BCUT2D eigenvalue weighted by atomic mass is 10.1. The summed E-state index contributed by atoms with van der Waals surface area (Å²) in [6, 6.07) is 13.9. The quantitative estimate of drug-likeness (QED) is 0.638. The molecule has 1 N–H and O–H groups in total. The van der Waals surface area contributed by atoms with Gasteiger partial charge >= 0.3 is 0 Å². The van der Waals surface area contributed by atoms with Crippen LogP contribution in [0.3, 0.4) is 0 Å². The van der Waals surface area contributed by atoms with Crippen molar-refractivity contribution in [3.63, 3.8) is 0 Å². The zero-order chi connectivity index (χ0) is 19.1. The highest BCUT2D eigenvalue weighted by atomic mass is 35.5. The maximum atomic E-state index is 12.1. The molecule has 6 heteroatoms. The van der Waals surface area contributed by atoms with Crippen LogP contribution in [0.5, 0.6) is 0 Å². The molecule has 144 valence electrons. The fourth-order valence-corrected chi connectivity index (χ4v) is 4.60. The van der Waals surface area contributed by atoms with Gasteiger partial charge in [-0.25, -0.2) is 0 Å². The maximum Gasteiger partial charge on any atom is 0.230 e. The number of rotatable bonds is 8. The summed E-state index contributed by atoms with van der Waals surface area (Å²) in [6.45, 7) is 3.94. The molecule has 1 amide bonds. The summed E-state index contributed by atoms with van der Waals surface area (Å²) >= 11 is 13.6. The molecule has 27 heavy (non-hydrogen) atoms. The predicted molar refractivity (Wildman–Crippen MR) is 115 cm³/mol. The van der Waals surface area contributed by atoms with Crippen LogP contribution in [0, 0.1) is 0 Å². The Balaban J connectivity index is 1.40. The summed E-state index contributed by atoms with van der Waals surface area (Å²) in [4.78, 5) is 14.6. The normalized spacial score (nSPS) is 14.4. The predicted octanol–water partition coefficient (Wildman–Crippen LogP) is 5.14. The number of nitrogens with zero attached hydrogens (tertiary/aromatic N) is 1. The molecule has 1 saturated heterocycles. The molecular weight excluding hydrogens is 399 g/mol. The van der Waals surface area contributed by atoms with Gasteiger partial charge in [0.2, 0.25) is 5.91 Å². The smallest absolute Gasteiger partial charge is 0.230 e. The van der Waals surface area contributed by atoms with Crippen molar-refractivity contribution in [1.29, 1.82) is 0 Å². The number of thioether (sulfide) groups is 1. The Morgan fingerprint density at radius 2 is 1.85 bits per heavy atom. The van der Waals surface area contributed by atoms with Crippen LogP contribution in [0.25, 0.3) is 0 Å². The lowest BCUT2D eigenvalue weighted by molar-refractivity contribution is -0.118. The minimum atomic E-state index is 0.0371. The number of carbonyl (C=O) groups is 1. The van der Waals surface area contributed by atoms with E-state index in [4.69, 9.17) is 23.2 Å². The zero-order valence-electron chi connectivity index (χ0n) is 15.2. The minimum absolute atomic E-state index is 0.0371. The van der Waals surface area contributed by atoms with Crippen LogP contribution in [0.15, 0.2) is 42.5 Å². The Hall–Kier alpha value is -1.20. The van der Waals surface area contributed by atoms with Crippen LogP contribution in [0.2, 0.25) is 10.0 Å². The van der Waals surface area contributed by atoms with E-state index in [0.29, 0.717) is 28.1 Å². The van der Waals surface area contributed by atoms with Crippen molar-refractivity contribution < 1.29 is 4.79 Å². The molecule has 0 atom stereocenters. The van der Waals surface area contributed by atoms with Crippen molar-refractivity contribution in [3.8, 4) is 0 Å². The van der Waals surface area contributed by atoms with Gasteiger partial charge in [-0.1, -0.05) is 53.5 Å². The van der Waals surface area contributed by atoms with Crippen LogP contribution < -0.4 is 5.32 Å². The molecule has 0 spiro atoms. The number of carbonyl (C=O) groups excluding carboxylic acids is 1. The molecule has 3 nitrogen and oxygen atoms in total. The van der Waals surface area contributed by atoms with Crippen molar-refractivity contribution in [2.75, 3.05) is 18.8 Å². The molecule has 3 rings (SSSR count). The lowest BCUT2D eigenvalue weighted by Gasteiger charge is -2.15. The van der Waals surface area contributed by atoms with Crippen LogP contribution in [-0.2, 0) is 23.6 Å². The van der Waals surface area contributed by atoms with E-state index in [-0.39, 0.29) is 5.91 Å². The van der Waals surface area contributed by atoms with Crippen LogP contribution in [-0.4, -0.2) is 29.6 Å². The molecule has 2 aromatic carbocycles. The summed E-state index contributed by atoms with van der Waals surface area (Å²) in [5, 5.41) is 4.27. The highest BCUT2D eigenvalue weighted by molar-refractivity contribution is 7.99. The minimum Gasteiger partial charge on any atom is -0.351 e. The first kappa shape index (κ1) is 20.5. The first-order valence-electron chi connectivity index (χ1n) is 9.19. The van der Waals surface area contributed by atoms with Crippen LogP contribution in [0.4, 0.5) is 0 Å². The van der Waals surface area contributed by atoms with Crippen molar-refractivity contribution >= 4 is 40.9 Å². The van der Waals surface area contributed by atoms with E-state index in [2.05, 4.69) is 34.5 Å². The Kier molecular flexibility index (Phi) is 7.89. The van der Waals surface area contributed by atoms with Gasteiger partial charge in [0.25, 0.3) is 0 Å². The van der Waals surface area contributed by atoms with E-state index >= 15 is 0 Å². The van der Waals surface area contributed by atoms with Crippen molar-refractivity contribution in [2.45, 2.75) is 31.7 Å². The van der Waals surface area contributed by atoms with E-state index in [1.807, 2.05) is 12.1 Å². The topological polar surface area (TPSA) is 32.3 Å². The molecule has 1 aliphatic heterocycles. The summed E-state index contributed by atoms with van der Waals surface area (Å²) < 4.78 is 0. The molecule has 0 radical (unpaired) electrons. The Morgan fingerprint density at radius 3 is 2.63 bits per heavy atom. The van der Waals surface area contributed by atoms with Gasteiger partial charge in [0.15, 0.2) is 0 Å². The fourth-order valence-electron chi connectivity index (χ4n) is 3.18. The molecule has 1 heterocycles. The van der Waals surface area contributed by atoms with Crippen LogP contribution >= 0.6 is 35.0 Å². The maximum absolute atomic E-state index is 12.1. The third kappa shape index (κ3) is 6.72. The summed E-state index contributed by atoms with van der Waals surface area (Å²) in [5.41, 5.74) is 3.45. The highest BCUT2D eigenvalue weighted by Crippen LogP contribution is 2.24. The van der Waals surface area contributed by atoms with E-state index in [0.717, 1.165) is 17.7 Å². The van der Waals surface area contributed by atoms with E-state index < -0.39 is 0 Å². The second kappa shape index (κ2) is 10.4. The van der Waals surface area contributed by atoms with Gasteiger partial charge < -0.3 is 5.32 Å². The molecule has 0 bridgehead atoms. The first-order chi connectivity index (χ1) is 13.1. The van der Waals surface area contributed by atoms with Gasteiger partial charge in [-0.3, -0.25) is 9.69 Å². The highest BCUT2D eigenvalue weighted by Gasteiger charge is 2.12. The number of nitrogens with one attached hydrogen (secondary N) is 1. The Morgan fingerprint density at radius 1 is 1.07 bits per heavy atom. The monoisotopic (exact) mass is 422 g/mol. The van der Waals surface area contributed by atoms with Crippen LogP contribution in [0.1, 0.15) is 29.5 Å². The summed E-state index contributed by atoms with van der Waals surface area (Å²) in [7, 11) is 0. The van der Waals surface area contributed by atoms with Gasteiger partial charge in [0.1, 0.15) is 0 Å². The van der Waals surface area contributed by atoms with E-state index in [1.165, 1.54) is 31.5 Å². The SMILES string of the molecule is O=C(CSCc1ccc(Cl)cc1Cl)NCc1cccc(CN2CCCC2)c1. The van der Waals surface area contributed by atoms with Gasteiger partial charge in [-0.15, -0.1) is 11.8 Å². The number of hydrogen-bond acceptors (Lipinski definition) is 3. The van der Waals surface area contributed by atoms with Gasteiger partial charge in [-0.2, -0.15) is 0 Å². The van der Waals surface area contributed by atoms with Crippen molar-refractivity contribution in [2.24, 2.45) is 0 Å². The van der Waals surface area contributed by atoms with Gasteiger partial charge in [-0.05, 0) is 54.8 Å². The molecule has 0 unspecified atom stereocenters. The second-order valence-electron chi connectivity index (χ2n) is 6.81. The number of amides is 1. The summed E-state index contributed by atoms with van der Waals surface area (Å²) in [5.74, 6) is 1.14. The molecule has 0 saturated carbocycles. The third-order valence-corrected chi connectivity index (χ3v) is 6.16. The average molecular weight is 423 g/mol. The third-order valence-electron chi connectivity index (χ3n) is 4.59. The molecule has 0 aliphatic carbocycles. The number of hydrogen-bond donors (Lipinski definition) is 1. The fraction of sp³-hybridized carbons (Fsp3) is 0.381. The molecular formula is C21H24Cl2N2OS. The number of halogens is 2. The van der Waals surface area contributed by atoms with Crippen molar-refractivity contribution in [3.05, 3.63) is 69.2 Å². The second-order valence-corrected chi connectivity index (χ2v) is 8.64. The number of likely N-dealkylation sites (tertiary alicyclic amines) is 1. The lowest BCUT2D eigenvalue weighted by Crippen LogP contribution is -2.25. The molecule has 0 aromatic heterocycles. The van der Waals surface area contributed by atoms with Gasteiger partial charge in [0, 0.05) is 28.9 Å². The Labute approximate surface area is 175 Å². The van der Waals surface area contributed by atoms with Gasteiger partial charge in [0.05, 0.1) is 5.75 Å². The molecule has 1 fully saturated rings. The average Bonchev–Trinajstić information content (AvgIpc) is 3.15. The first-order valence-corrected chi connectivity index (χ1v) is 11.1. The standard InChI is InChI=1S/C21H24Cl2N2OS/c22-19-7-6-18(20(23)11-19)14-27-15-21(26)24-12-16-4-3-5-17(10-16)13-25-8-1-2-9-25/h3-7,10-11H,1-2,8-9,12-15H2,(H,24,26). The zero-order valence-corrected chi connectivity index (χ0v) is 17.5. The number of benzene rings is 2. The largest absolute Gasteiger partial charge is 0.351 e.